The van der Waals surface area contributed by atoms with Gasteiger partial charge in [0.25, 0.3) is 11.6 Å². The van der Waals surface area contributed by atoms with Gasteiger partial charge in [-0.2, -0.15) is 0 Å². The third kappa shape index (κ3) is 4.71. The van der Waals surface area contributed by atoms with Crippen molar-refractivity contribution in [1.29, 1.82) is 0 Å². The molecule has 1 unspecified atom stereocenters. The Balaban J connectivity index is 1.98. The van der Waals surface area contributed by atoms with Gasteiger partial charge in [-0.1, -0.05) is 50.2 Å². The molecule has 3 aromatic carbocycles. The molecule has 0 spiro atoms. The summed E-state index contributed by atoms with van der Waals surface area (Å²) in [7, 11) is 0. The Hall–Kier alpha value is -3.74. The highest BCUT2D eigenvalue weighted by atomic mass is 19.1. The van der Waals surface area contributed by atoms with Gasteiger partial charge >= 0.3 is 5.97 Å². The third-order valence-electron chi connectivity index (χ3n) is 4.82. The first-order valence-electron chi connectivity index (χ1n) is 9.58. The van der Waals surface area contributed by atoms with Crippen LogP contribution in [0.1, 0.15) is 24.2 Å². The Kier molecular flexibility index (Phi) is 6.34. The highest BCUT2D eigenvalue weighted by Gasteiger charge is 2.46. The minimum Gasteiger partial charge on any atom is -0.477 e. The number of para-hydroxylation sites is 1. The molecule has 0 saturated carbocycles. The molecule has 3 rings (SSSR count). The highest BCUT2D eigenvalue weighted by molar-refractivity contribution is 5.98. The number of nitrogens with one attached hydrogen (secondary N) is 1. The lowest BCUT2D eigenvalue weighted by Crippen LogP contribution is -2.62. The molecule has 0 aliphatic heterocycles. The number of amides is 1. The first-order chi connectivity index (χ1) is 14.7. The zero-order valence-corrected chi connectivity index (χ0v) is 16.9. The summed E-state index contributed by atoms with van der Waals surface area (Å²) >= 11 is 0. The number of benzene rings is 3. The summed E-state index contributed by atoms with van der Waals surface area (Å²) in [5.74, 6) is -4.20. The zero-order chi connectivity index (χ0) is 22.6. The Morgan fingerprint density at radius 1 is 0.935 bits per heavy atom. The van der Waals surface area contributed by atoms with Gasteiger partial charge < -0.3 is 15.2 Å². The highest BCUT2D eigenvalue weighted by Crippen LogP contribution is 2.27. The fourth-order valence-electron chi connectivity index (χ4n) is 3.09. The van der Waals surface area contributed by atoms with Gasteiger partial charge in [0.2, 0.25) is 0 Å². The molecule has 0 bridgehead atoms. The summed E-state index contributed by atoms with van der Waals surface area (Å²) in [6.07, 6.45) is 0. The second-order valence-corrected chi connectivity index (χ2v) is 7.27. The number of hydrogen-bond acceptors (Lipinski definition) is 3. The normalized spacial score (nSPS) is 12.8. The van der Waals surface area contributed by atoms with Crippen LogP contribution in [0.5, 0.6) is 5.75 Å². The minimum absolute atomic E-state index is 0.230. The number of ether oxygens (including phenoxy) is 1. The van der Waals surface area contributed by atoms with E-state index in [1.165, 1.54) is 30.3 Å². The number of carbonyl (C=O) groups excluding carboxylic acids is 1. The summed E-state index contributed by atoms with van der Waals surface area (Å²) < 4.78 is 33.7. The molecule has 1 atom stereocenters. The van der Waals surface area contributed by atoms with Crippen molar-refractivity contribution in [3.8, 4) is 16.9 Å². The number of rotatable bonds is 7. The van der Waals surface area contributed by atoms with E-state index in [0.717, 1.165) is 6.07 Å². The lowest BCUT2D eigenvalue weighted by Gasteiger charge is -2.34. The molecule has 0 heterocycles. The molecule has 3 aromatic rings. The summed E-state index contributed by atoms with van der Waals surface area (Å²) in [6, 6.07) is 17.5. The molecule has 2 N–H and O–H groups in total. The maximum atomic E-state index is 14.5. The molecule has 0 aliphatic rings. The van der Waals surface area contributed by atoms with Crippen molar-refractivity contribution in [1.82, 2.24) is 5.32 Å². The predicted molar refractivity (Wildman–Crippen MR) is 112 cm³/mol. The molecule has 0 aliphatic carbocycles. The van der Waals surface area contributed by atoms with E-state index in [4.69, 9.17) is 4.74 Å². The largest absolute Gasteiger partial charge is 0.477 e. The van der Waals surface area contributed by atoms with Crippen LogP contribution < -0.4 is 10.1 Å². The van der Waals surface area contributed by atoms with Crippen molar-refractivity contribution in [3.63, 3.8) is 0 Å². The second-order valence-electron chi connectivity index (χ2n) is 7.27. The van der Waals surface area contributed by atoms with E-state index in [1.807, 2.05) is 0 Å². The van der Waals surface area contributed by atoms with Gasteiger partial charge in [0.15, 0.2) is 0 Å². The van der Waals surface area contributed by atoms with E-state index in [-0.39, 0.29) is 11.3 Å². The van der Waals surface area contributed by atoms with Gasteiger partial charge in [-0.25, -0.2) is 13.6 Å². The van der Waals surface area contributed by atoms with Gasteiger partial charge in [-0.15, -0.1) is 0 Å². The molecular weight excluding hydrogens is 404 g/mol. The van der Waals surface area contributed by atoms with Crippen LogP contribution in [-0.2, 0) is 4.79 Å². The van der Waals surface area contributed by atoms with Crippen LogP contribution in [0.15, 0.2) is 72.8 Å². The van der Waals surface area contributed by atoms with E-state index in [0.29, 0.717) is 11.1 Å². The zero-order valence-electron chi connectivity index (χ0n) is 16.9. The fourth-order valence-corrected chi connectivity index (χ4v) is 3.09. The summed E-state index contributed by atoms with van der Waals surface area (Å²) in [4.78, 5) is 25.1. The standard InChI is InChI=1S/C24H21F2NO4/c1-15(2)24(23(29)30,31-19-9-4-3-5-10-19)27-22(28)20-14-17(11-12-21(20)26)16-7-6-8-18(25)13-16/h3-15H,1-2H3,(H,27,28)(H,29,30). The SMILES string of the molecule is CC(C)C(NC(=O)c1cc(-c2cccc(F)c2)ccc1F)(Oc1ccccc1)C(=O)O. The fraction of sp³-hybridized carbons (Fsp3) is 0.167. The predicted octanol–water partition coefficient (Wildman–Crippen LogP) is 4.88. The van der Waals surface area contributed by atoms with E-state index >= 15 is 0 Å². The Morgan fingerprint density at radius 2 is 1.61 bits per heavy atom. The molecule has 160 valence electrons. The van der Waals surface area contributed by atoms with Crippen molar-refractivity contribution in [3.05, 3.63) is 90.0 Å². The molecule has 0 radical (unpaired) electrons. The van der Waals surface area contributed by atoms with E-state index in [2.05, 4.69) is 5.32 Å². The van der Waals surface area contributed by atoms with Crippen molar-refractivity contribution in [2.75, 3.05) is 0 Å². The number of carbonyl (C=O) groups is 2. The molecule has 5 nitrogen and oxygen atoms in total. The van der Waals surface area contributed by atoms with E-state index in [9.17, 15) is 23.5 Å². The number of aliphatic carboxylic acids is 1. The number of halogens is 2. The van der Waals surface area contributed by atoms with Gasteiger partial charge in [-0.3, -0.25) is 4.79 Å². The summed E-state index contributed by atoms with van der Waals surface area (Å²) in [6.45, 7) is 3.13. The smallest absolute Gasteiger partial charge is 0.370 e. The van der Waals surface area contributed by atoms with Gasteiger partial charge in [0.1, 0.15) is 17.4 Å². The van der Waals surface area contributed by atoms with Crippen LogP contribution >= 0.6 is 0 Å². The van der Waals surface area contributed by atoms with Crippen LogP contribution in [-0.4, -0.2) is 22.7 Å². The second kappa shape index (κ2) is 8.95. The third-order valence-corrected chi connectivity index (χ3v) is 4.82. The van der Waals surface area contributed by atoms with E-state index in [1.54, 1.807) is 50.2 Å². The van der Waals surface area contributed by atoms with Crippen LogP contribution in [0.2, 0.25) is 0 Å². The Morgan fingerprint density at radius 3 is 2.23 bits per heavy atom. The number of carboxylic acids is 1. The monoisotopic (exact) mass is 425 g/mol. The average molecular weight is 425 g/mol. The van der Waals surface area contributed by atoms with Crippen molar-refractivity contribution in [2.45, 2.75) is 19.6 Å². The molecular formula is C24H21F2NO4. The molecule has 7 heteroatoms. The number of hydrogen-bond donors (Lipinski definition) is 2. The van der Waals surface area contributed by atoms with Crippen LogP contribution in [0, 0.1) is 17.6 Å². The average Bonchev–Trinajstić information content (AvgIpc) is 2.73. The minimum atomic E-state index is -2.14. The molecule has 31 heavy (non-hydrogen) atoms. The van der Waals surface area contributed by atoms with Crippen LogP contribution in [0.3, 0.4) is 0 Å². The Labute approximate surface area is 178 Å². The van der Waals surface area contributed by atoms with Crippen LogP contribution in [0.25, 0.3) is 11.1 Å². The lowest BCUT2D eigenvalue weighted by atomic mass is 9.97. The van der Waals surface area contributed by atoms with Crippen molar-refractivity contribution >= 4 is 11.9 Å². The van der Waals surface area contributed by atoms with Crippen molar-refractivity contribution in [2.24, 2.45) is 5.92 Å². The first kappa shape index (κ1) is 22.0. The number of carboxylic acid groups (broad SMARTS) is 1. The van der Waals surface area contributed by atoms with Gasteiger partial charge in [0.05, 0.1) is 5.56 Å². The van der Waals surface area contributed by atoms with Gasteiger partial charge in [-0.05, 0) is 47.5 Å². The molecule has 0 aromatic heterocycles. The van der Waals surface area contributed by atoms with Gasteiger partial charge in [0, 0.05) is 5.92 Å². The molecule has 0 fully saturated rings. The van der Waals surface area contributed by atoms with Crippen LogP contribution in [0.4, 0.5) is 8.78 Å². The quantitative estimate of drug-likeness (QED) is 0.529. The maximum absolute atomic E-state index is 14.5. The summed E-state index contributed by atoms with van der Waals surface area (Å²) in [5, 5.41) is 12.3. The lowest BCUT2D eigenvalue weighted by molar-refractivity contribution is -0.162. The Bertz CT molecular complexity index is 1100. The molecule has 1 amide bonds. The maximum Gasteiger partial charge on any atom is 0.370 e. The topological polar surface area (TPSA) is 75.6 Å². The molecule has 0 saturated heterocycles. The summed E-state index contributed by atoms with van der Waals surface area (Å²) in [5.41, 5.74) is -1.67. The van der Waals surface area contributed by atoms with E-state index < -0.39 is 35.2 Å². The van der Waals surface area contributed by atoms with Crippen molar-refractivity contribution < 1.29 is 28.2 Å². The first-order valence-corrected chi connectivity index (χ1v) is 9.58.